The second-order valence-electron chi connectivity index (χ2n) is 3.27. The Bertz CT molecular complexity index is 264. The molecule has 2 saturated heterocycles. The summed E-state index contributed by atoms with van der Waals surface area (Å²) < 4.78 is 27.4. The van der Waals surface area contributed by atoms with Crippen molar-refractivity contribution in [3.05, 3.63) is 0 Å². The van der Waals surface area contributed by atoms with Gasteiger partial charge < -0.3 is 4.74 Å². The van der Waals surface area contributed by atoms with Crippen LogP contribution in [0.2, 0.25) is 0 Å². The highest BCUT2D eigenvalue weighted by Gasteiger charge is 2.53. The van der Waals surface area contributed by atoms with Crippen LogP contribution < -0.4 is 5.14 Å². The molecule has 2 aliphatic heterocycles. The van der Waals surface area contributed by atoms with E-state index < -0.39 is 15.0 Å². The van der Waals surface area contributed by atoms with E-state index in [1.54, 1.807) is 0 Å². The van der Waals surface area contributed by atoms with E-state index in [0.717, 1.165) is 12.8 Å². The minimum absolute atomic E-state index is 0.147. The Labute approximate surface area is 65.8 Å². The lowest BCUT2D eigenvalue weighted by atomic mass is 10.0. The zero-order valence-corrected chi connectivity index (χ0v) is 6.93. The summed E-state index contributed by atoms with van der Waals surface area (Å²) in [6.07, 6.45) is 2.99. The molecule has 0 atom stereocenters. The molecule has 64 valence electrons. The van der Waals surface area contributed by atoms with Crippen molar-refractivity contribution in [2.75, 3.05) is 0 Å². The summed E-state index contributed by atoms with van der Waals surface area (Å²) in [6.45, 7) is 0. The fourth-order valence-electron chi connectivity index (χ4n) is 1.92. The fourth-order valence-corrected chi connectivity index (χ4v) is 3.00. The lowest BCUT2D eigenvalue weighted by Crippen LogP contribution is -2.40. The predicted molar refractivity (Wildman–Crippen MR) is 39.2 cm³/mol. The molecule has 2 aliphatic rings. The van der Waals surface area contributed by atoms with Crippen LogP contribution in [0, 0.1) is 0 Å². The number of primary sulfonamides is 1. The Kier molecular flexibility index (Phi) is 1.34. The molecule has 0 aromatic carbocycles. The number of nitrogens with two attached hydrogens (primary N) is 1. The third kappa shape index (κ3) is 0.913. The van der Waals surface area contributed by atoms with Gasteiger partial charge in [-0.2, -0.15) is 0 Å². The first-order valence-electron chi connectivity index (χ1n) is 3.74. The molecule has 0 amide bonds. The molecule has 0 radical (unpaired) electrons. The molecule has 0 aromatic rings. The maximum Gasteiger partial charge on any atom is 0.239 e. The van der Waals surface area contributed by atoms with Crippen LogP contribution in [0.4, 0.5) is 0 Å². The van der Waals surface area contributed by atoms with Crippen molar-refractivity contribution in [2.45, 2.75) is 36.7 Å². The third-order valence-electron chi connectivity index (χ3n) is 2.59. The van der Waals surface area contributed by atoms with Crippen LogP contribution in [-0.2, 0) is 14.8 Å². The number of hydrogen-bond donors (Lipinski definition) is 1. The molecule has 2 heterocycles. The van der Waals surface area contributed by atoms with E-state index in [0.29, 0.717) is 12.8 Å². The quantitative estimate of drug-likeness (QED) is 0.610. The van der Waals surface area contributed by atoms with Gasteiger partial charge in [-0.15, -0.1) is 0 Å². The summed E-state index contributed by atoms with van der Waals surface area (Å²) in [7, 11) is -3.49. The molecule has 0 aromatic heterocycles. The normalized spacial score (nSPS) is 43.2. The second kappa shape index (κ2) is 1.97. The Balaban J connectivity index is 2.37. The molecular weight excluding hydrogens is 166 g/mol. The maximum atomic E-state index is 11.1. The molecule has 11 heavy (non-hydrogen) atoms. The molecule has 0 spiro atoms. The standard InChI is InChI=1S/C6H11NO3S/c7-11(8,9)6-3-1-5(10-6)2-4-6/h5H,1-4H2,(H2,7,8,9). The van der Waals surface area contributed by atoms with Crippen molar-refractivity contribution in [3.8, 4) is 0 Å². The number of sulfonamides is 1. The summed E-state index contributed by atoms with van der Waals surface area (Å²) in [5, 5.41) is 5.06. The summed E-state index contributed by atoms with van der Waals surface area (Å²) in [5.74, 6) is 0. The monoisotopic (exact) mass is 177 g/mol. The number of rotatable bonds is 1. The first-order chi connectivity index (χ1) is 5.04. The average molecular weight is 177 g/mol. The smallest absolute Gasteiger partial charge is 0.239 e. The topological polar surface area (TPSA) is 69.4 Å². The summed E-state index contributed by atoms with van der Waals surface area (Å²) in [5.41, 5.74) is 0. The van der Waals surface area contributed by atoms with E-state index in [4.69, 9.17) is 9.88 Å². The van der Waals surface area contributed by atoms with Crippen LogP contribution in [0.5, 0.6) is 0 Å². The molecule has 2 rings (SSSR count). The maximum absolute atomic E-state index is 11.1. The largest absolute Gasteiger partial charge is 0.354 e. The molecular formula is C6H11NO3S. The van der Waals surface area contributed by atoms with Crippen LogP contribution in [-0.4, -0.2) is 19.5 Å². The first-order valence-corrected chi connectivity index (χ1v) is 5.28. The molecule has 0 unspecified atom stereocenters. The van der Waals surface area contributed by atoms with Gasteiger partial charge in [-0.3, -0.25) is 0 Å². The van der Waals surface area contributed by atoms with Gasteiger partial charge in [0.2, 0.25) is 10.0 Å². The van der Waals surface area contributed by atoms with E-state index in [2.05, 4.69) is 0 Å². The van der Waals surface area contributed by atoms with Gasteiger partial charge in [0.25, 0.3) is 0 Å². The van der Waals surface area contributed by atoms with Gasteiger partial charge in [0, 0.05) is 0 Å². The minimum atomic E-state index is -3.49. The van der Waals surface area contributed by atoms with Gasteiger partial charge in [-0.05, 0) is 25.7 Å². The number of hydrogen-bond acceptors (Lipinski definition) is 3. The van der Waals surface area contributed by atoms with Crippen molar-refractivity contribution in [3.63, 3.8) is 0 Å². The summed E-state index contributed by atoms with van der Waals surface area (Å²) in [6, 6.07) is 0. The van der Waals surface area contributed by atoms with Crippen LogP contribution in [0.25, 0.3) is 0 Å². The molecule has 5 heteroatoms. The van der Waals surface area contributed by atoms with Gasteiger partial charge in [0.1, 0.15) is 0 Å². The molecule has 0 aliphatic carbocycles. The molecule has 4 nitrogen and oxygen atoms in total. The van der Waals surface area contributed by atoms with E-state index >= 15 is 0 Å². The van der Waals surface area contributed by atoms with Crippen LogP contribution in [0.1, 0.15) is 25.7 Å². The van der Waals surface area contributed by atoms with E-state index in [1.165, 1.54) is 0 Å². The van der Waals surface area contributed by atoms with Gasteiger partial charge >= 0.3 is 0 Å². The SMILES string of the molecule is NS(=O)(=O)C12CCC(CC1)O2. The minimum Gasteiger partial charge on any atom is -0.354 e. The van der Waals surface area contributed by atoms with E-state index in [1.807, 2.05) is 0 Å². The lowest BCUT2D eigenvalue weighted by Gasteiger charge is -2.20. The van der Waals surface area contributed by atoms with Crippen molar-refractivity contribution < 1.29 is 13.2 Å². The van der Waals surface area contributed by atoms with Crippen LogP contribution in [0.15, 0.2) is 0 Å². The van der Waals surface area contributed by atoms with Crippen LogP contribution >= 0.6 is 0 Å². The summed E-state index contributed by atoms with van der Waals surface area (Å²) in [4.78, 5) is -1.00. The van der Waals surface area contributed by atoms with E-state index in [-0.39, 0.29) is 6.10 Å². The van der Waals surface area contributed by atoms with Crippen molar-refractivity contribution in [1.29, 1.82) is 0 Å². The Morgan fingerprint density at radius 1 is 1.36 bits per heavy atom. The van der Waals surface area contributed by atoms with E-state index in [9.17, 15) is 8.42 Å². The van der Waals surface area contributed by atoms with Gasteiger partial charge in [0.05, 0.1) is 6.10 Å². The highest BCUT2D eigenvalue weighted by molar-refractivity contribution is 7.90. The van der Waals surface area contributed by atoms with Gasteiger partial charge in [0.15, 0.2) is 4.93 Å². The van der Waals surface area contributed by atoms with Crippen molar-refractivity contribution >= 4 is 10.0 Å². The zero-order chi connectivity index (χ0) is 8.11. The fraction of sp³-hybridized carbons (Fsp3) is 1.00. The Hall–Kier alpha value is -0.130. The highest BCUT2D eigenvalue weighted by atomic mass is 32.2. The first kappa shape index (κ1) is 7.52. The summed E-state index contributed by atoms with van der Waals surface area (Å²) >= 11 is 0. The molecule has 0 saturated carbocycles. The number of ether oxygens (including phenoxy) is 1. The average Bonchev–Trinajstić information content (AvgIpc) is 2.42. The Morgan fingerprint density at radius 3 is 2.09 bits per heavy atom. The predicted octanol–water partition coefficient (Wildman–Crippen LogP) is -0.0560. The van der Waals surface area contributed by atoms with Gasteiger partial charge in [-0.25, -0.2) is 13.6 Å². The van der Waals surface area contributed by atoms with Crippen molar-refractivity contribution in [1.82, 2.24) is 0 Å². The van der Waals surface area contributed by atoms with Gasteiger partial charge in [-0.1, -0.05) is 0 Å². The third-order valence-corrected chi connectivity index (χ3v) is 4.14. The van der Waals surface area contributed by atoms with Crippen LogP contribution in [0.3, 0.4) is 0 Å². The lowest BCUT2D eigenvalue weighted by molar-refractivity contribution is 0.0734. The zero-order valence-electron chi connectivity index (χ0n) is 6.12. The van der Waals surface area contributed by atoms with Crippen molar-refractivity contribution in [2.24, 2.45) is 5.14 Å². The highest BCUT2D eigenvalue weighted by Crippen LogP contribution is 2.45. The molecule has 2 bridgehead atoms. The molecule has 2 fully saturated rings. The number of fused-ring (bicyclic) bond motifs is 2. The molecule has 2 N–H and O–H groups in total. The second-order valence-corrected chi connectivity index (χ2v) is 5.11. The Morgan fingerprint density at radius 2 is 1.91 bits per heavy atom.